The molecule has 2 aromatic carbocycles. The number of nitriles is 1. The molecule has 0 bridgehead atoms. The molecule has 1 N–H and O–H groups in total. The van der Waals surface area contributed by atoms with Crippen LogP contribution in [0.5, 0.6) is 0 Å². The molecule has 120 valence electrons. The summed E-state index contributed by atoms with van der Waals surface area (Å²) in [7, 11) is -3.71. The van der Waals surface area contributed by atoms with E-state index < -0.39 is 10.1 Å². The van der Waals surface area contributed by atoms with Gasteiger partial charge in [-0.2, -0.15) is 13.7 Å². The van der Waals surface area contributed by atoms with E-state index in [-0.39, 0.29) is 11.5 Å². The van der Waals surface area contributed by atoms with Crippen LogP contribution in [-0.4, -0.2) is 21.6 Å². The molecule has 0 amide bonds. The Labute approximate surface area is 136 Å². The van der Waals surface area contributed by atoms with Crippen molar-refractivity contribution in [1.82, 2.24) is 0 Å². The summed E-state index contributed by atoms with van der Waals surface area (Å²) in [5.74, 6) is 0. The Morgan fingerprint density at radius 3 is 2.48 bits per heavy atom. The number of nitrogens with zero attached hydrogens (tertiary/aromatic N) is 1. The molecule has 0 heterocycles. The Balaban J connectivity index is 1.79. The van der Waals surface area contributed by atoms with Gasteiger partial charge in [-0.1, -0.05) is 18.2 Å². The first kappa shape index (κ1) is 17.0. The average molecular weight is 330 g/mol. The molecular weight excluding hydrogens is 312 g/mol. The predicted molar refractivity (Wildman–Crippen MR) is 88.6 cm³/mol. The molecule has 0 aliphatic rings. The highest BCUT2D eigenvalue weighted by Crippen LogP contribution is 2.17. The van der Waals surface area contributed by atoms with Crippen molar-refractivity contribution in [3.8, 4) is 6.07 Å². The molecule has 2 aromatic rings. The van der Waals surface area contributed by atoms with Crippen LogP contribution in [-0.2, 0) is 14.3 Å². The first-order valence-corrected chi connectivity index (χ1v) is 8.63. The van der Waals surface area contributed by atoms with Crippen LogP contribution in [0.1, 0.15) is 17.5 Å². The molecule has 0 atom stereocenters. The number of aryl methyl sites for hydroxylation is 1. The molecule has 0 unspecified atom stereocenters. The summed E-state index contributed by atoms with van der Waals surface area (Å²) in [4.78, 5) is 0.208. The van der Waals surface area contributed by atoms with Gasteiger partial charge in [0.25, 0.3) is 10.1 Å². The Morgan fingerprint density at radius 1 is 1.13 bits per heavy atom. The van der Waals surface area contributed by atoms with Gasteiger partial charge in [-0.05, 0) is 49.2 Å². The van der Waals surface area contributed by atoms with E-state index in [2.05, 4.69) is 11.4 Å². The second-order valence-corrected chi connectivity index (χ2v) is 6.59. The molecule has 6 heteroatoms. The third-order valence-corrected chi connectivity index (χ3v) is 4.74. The van der Waals surface area contributed by atoms with Gasteiger partial charge < -0.3 is 5.32 Å². The standard InChI is InChI=1S/C17H18N2O3S/c1-14-5-2-3-6-17(14)23(20,21)22-12-4-11-19-16-9-7-15(13-18)8-10-16/h2-3,5-10,19H,4,11-12H2,1H3. The van der Waals surface area contributed by atoms with Crippen molar-refractivity contribution in [2.24, 2.45) is 0 Å². The van der Waals surface area contributed by atoms with Crippen LogP contribution in [0.2, 0.25) is 0 Å². The van der Waals surface area contributed by atoms with E-state index in [0.29, 0.717) is 24.1 Å². The molecule has 0 fully saturated rings. The maximum Gasteiger partial charge on any atom is 0.297 e. The fourth-order valence-corrected chi connectivity index (χ4v) is 3.21. The molecule has 0 saturated heterocycles. The van der Waals surface area contributed by atoms with Crippen LogP contribution in [0.25, 0.3) is 0 Å². The third kappa shape index (κ3) is 4.81. The fourth-order valence-electron chi connectivity index (χ4n) is 2.04. The Bertz CT molecular complexity index is 793. The fraction of sp³-hybridized carbons (Fsp3) is 0.235. The van der Waals surface area contributed by atoms with E-state index in [4.69, 9.17) is 9.44 Å². The maximum atomic E-state index is 12.1. The molecule has 0 radical (unpaired) electrons. The van der Waals surface area contributed by atoms with Crippen LogP contribution in [0.15, 0.2) is 53.4 Å². The summed E-state index contributed by atoms with van der Waals surface area (Å²) in [6.07, 6.45) is 0.547. The third-order valence-electron chi connectivity index (χ3n) is 3.27. The van der Waals surface area contributed by atoms with Crippen LogP contribution < -0.4 is 5.32 Å². The van der Waals surface area contributed by atoms with Crippen molar-refractivity contribution in [2.75, 3.05) is 18.5 Å². The number of hydrogen-bond acceptors (Lipinski definition) is 5. The summed E-state index contributed by atoms with van der Waals surface area (Å²) < 4.78 is 29.2. The molecule has 0 aliphatic carbocycles. The summed E-state index contributed by atoms with van der Waals surface area (Å²) in [5, 5.41) is 11.9. The van der Waals surface area contributed by atoms with Crippen molar-refractivity contribution in [2.45, 2.75) is 18.2 Å². The van der Waals surface area contributed by atoms with Crippen molar-refractivity contribution in [3.05, 3.63) is 59.7 Å². The zero-order valence-corrected chi connectivity index (χ0v) is 13.6. The number of nitrogens with one attached hydrogen (secondary N) is 1. The number of benzene rings is 2. The Hall–Kier alpha value is -2.36. The van der Waals surface area contributed by atoms with Crippen molar-refractivity contribution in [3.63, 3.8) is 0 Å². The molecule has 0 saturated carbocycles. The number of rotatable bonds is 7. The minimum atomic E-state index is -3.71. The van der Waals surface area contributed by atoms with Gasteiger partial charge in [-0.15, -0.1) is 0 Å². The quantitative estimate of drug-likeness (QED) is 0.623. The normalized spacial score (nSPS) is 11.0. The smallest absolute Gasteiger partial charge is 0.297 e. The van der Waals surface area contributed by atoms with E-state index >= 15 is 0 Å². The summed E-state index contributed by atoms with van der Waals surface area (Å²) in [6.45, 7) is 2.43. The topological polar surface area (TPSA) is 79.2 Å². The van der Waals surface area contributed by atoms with Crippen molar-refractivity contribution in [1.29, 1.82) is 5.26 Å². The van der Waals surface area contributed by atoms with E-state index in [1.807, 2.05) is 12.1 Å². The van der Waals surface area contributed by atoms with E-state index in [1.54, 1.807) is 43.3 Å². The molecule has 0 aromatic heterocycles. The molecule has 5 nitrogen and oxygen atoms in total. The summed E-state index contributed by atoms with van der Waals surface area (Å²) >= 11 is 0. The highest BCUT2D eigenvalue weighted by Gasteiger charge is 2.16. The lowest BCUT2D eigenvalue weighted by atomic mass is 10.2. The lowest BCUT2D eigenvalue weighted by molar-refractivity contribution is 0.315. The Morgan fingerprint density at radius 2 is 1.83 bits per heavy atom. The van der Waals surface area contributed by atoms with Gasteiger partial charge in [0.1, 0.15) is 0 Å². The molecule has 2 rings (SSSR count). The van der Waals surface area contributed by atoms with Crippen molar-refractivity contribution < 1.29 is 12.6 Å². The van der Waals surface area contributed by atoms with Gasteiger partial charge in [0.05, 0.1) is 23.1 Å². The predicted octanol–water partition coefficient (Wildman–Crippen LogP) is 3.07. The zero-order chi connectivity index (χ0) is 16.7. The van der Waals surface area contributed by atoms with Crippen LogP contribution >= 0.6 is 0 Å². The van der Waals surface area contributed by atoms with Crippen LogP contribution in [0.3, 0.4) is 0 Å². The van der Waals surface area contributed by atoms with Gasteiger partial charge in [0, 0.05) is 12.2 Å². The number of hydrogen-bond donors (Lipinski definition) is 1. The first-order valence-electron chi connectivity index (χ1n) is 7.22. The minimum Gasteiger partial charge on any atom is -0.385 e. The SMILES string of the molecule is Cc1ccccc1S(=O)(=O)OCCCNc1ccc(C#N)cc1. The monoisotopic (exact) mass is 330 g/mol. The molecule has 0 aliphatic heterocycles. The largest absolute Gasteiger partial charge is 0.385 e. The van der Waals surface area contributed by atoms with Gasteiger partial charge in [0.15, 0.2) is 0 Å². The van der Waals surface area contributed by atoms with Gasteiger partial charge in [-0.25, -0.2) is 0 Å². The minimum absolute atomic E-state index is 0.111. The zero-order valence-electron chi connectivity index (χ0n) is 12.8. The summed E-state index contributed by atoms with van der Waals surface area (Å²) in [5.41, 5.74) is 2.15. The lowest BCUT2D eigenvalue weighted by Crippen LogP contribution is -2.12. The van der Waals surface area contributed by atoms with Crippen LogP contribution in [0.4, 0.5) is 5.69 Å². The van der Waals surface area contributed by atoms with Gasteiger partial charge in [-0.3, -0.25) is 4.18 Å². The second-order valence-electron chi connectivity index (χ2n) is 5.01. The molecular formula is C17H18N2O3S. The lowest BCUT2D eigenvalue weighted by Gasteiger charge is -2.09. The summed E-state index contributed by atoms with van der Waals surface area (Å²) in [6, 6.07) is 15.9. The first-order chi connectivity index (χ1) is 11.0. The van der Waals surface area contributed by atoms with Crippen molar-refractivity contribution >= 4 is 15.8 Å². The maximum absolute atomic E-state index is 12.1. The van der Waals surface area contributed by atoms with Gasteiger partial charge >= 0.3 is 0 Å². The molecule has 23 heavy (non-hydrogen) atoms. The highest BCUT2D eigenvalue weighted by atomic mass is 32.2. The second kappa shape index (κ2) is 7.77. The molecule has 0 spiro atoms. The average Bonchev–Trinajstić information content (AvgIpc) is 2.55. The highest BCUT2D eigenvalue weighted by molar-refractivity contribution is 7.86. The number of anilines is 1. The van der Waals surface area contributed by atoms with Gasteiger partial charge in [0.2, 0.25) is 0 Å². The Kier molecular flexibility index (Phi) is 5.74. The van der Waals surface area contributed by atoms with E-state index in [0.717, 1.165) is 5.69 Å². The van der Waals surface area contributed by atoms with E-state index in [9.17, 15) is 8.42 Å². The van der Waals surface area contributed by atoms with Crippen LogP contribution in [0, 0.1) is 18.3 Å². The van der Waals surface area contributed by atoms with E-state index in [1.165, 1.54) is 0 Å².